The summed E-state index contributed by atoms with van der Waals surface area (Å²) in [4.78, 5) is 104. The van der Waals surface area contributed by atoms with Crippen molar-refractivity contribution in [2.24, 2.45) is 16.7 Å². The van der Waals surface area contributed by atoms with Crippen LogP contribution in [0, 0.1) is 16.7 Å². The first kappa shape index (κ1) is 69.8. The quantitative estimate of drug-likeness (QED) is 0.0127. The first-order chi connectivity index (χ1) is 40.2. The Hall–Kier alpha value is -7.66. The Morgan fingerprint density at radius 2 is 1.11 bits per heavy atom. The molecule has 0 aliphatic rings. The minimum absolute atomic E-state index is 0.0253. The first-order valence-corrected chi connectivity index (χ1v) is 28.5. The maximum Gasteiger partial charge on any atom is 0.408 e. The molecule has 0 saturated heterocycles. The van der Waals surface area contributed by atoms with Gasteiger partial charge < -0.3 is 59.7 Å². The number of hydrogen-bond donors (Lipinski definition) is 6. The van der Waals surface area contributed by atoms with Gasteiger partial charge in [-0.3, -0.25) is 24.8 Å². The van der Waals surface area contributed by atoms with Crippen LogP contribution in [0.25, 0.3) is 11.3 Å². The average Bonchev–Trinajstić information content (AvgIpc) is 3.07. The number of nitrogens with one attached hydrogen (secondary N) is 6. The van der Waals surface area contributed by atoms with Gasteiger partial charge in [0.1, 0.15) is 42.5 Å². The van der Waals surface area contributed by atoms with Gasteiger partial charge in [0.15, 0.2) is 0 Å². The smallest absolute Gasteiger partial charge is 0.408 e. The van der Waals surface area contributed by atoms with E-state index in [1.54, 1.807) is 120 Å². The number of aromatic nitrogens is 1. The second-order valence-electron chi connectivity index (χ2n) is 23.9. The number of pyridine rings is 1. The molecule has 1 aromatic heterocycles. The van der Waals surface area contributed by atoms with Crippen LogP contribution in [-0.4, -0.2) is 154 Å². The van der Waals surface area contributed by atoms with E-state index in [0.717, 1.165) is 11.3 Å². The third-order valence-corrected chi connectivity index (χ3v) is 13.0. The minimum Gasteiger partial charge on any atom is -0.457 e. The normalized spacial score (nSPS) is 13.9. The van der Waals surface area contributed by atoms with Gasteiger partial charge in [-0.25, -0.2) is 24.2 Å². The SMILES string of the molecule is COCCOCCOCCOC(=O)N[C@H](C(=O)N[C@@H](Cc1ccccc1)[C@H](CN(Cc1ccc(-c2ccccn2)cc1)NC(=O)[C@@H](NC(=O)OC)C(C)(C)C)OC(=O)[C@H](Cc1ccccc1)NC(=O)[C@@H](NC(=O)OC(C)(C)C)C(C)C)C(C)(C)C. The summed E-state index contributed by atoms with van der Waals surface area (Å²) < 4.78 is 38.5. The topological polar surface area (TPSA) is 272 Å². The second kappa shape index (κ2) is 34.3. The molecule has 0 spiro atoms. The number of amides is 6. The van der Waals surface area contributed by atoms with Crippen molar-refractivity contribution in [2.45, 2.75) is 137 Å². The number of ether oxygens (including phenoxy) is 7. The molecule has 0 bridgehead atoms. The summed E-state index contributed by atoms with van der Waals surface area (Å²) in [7, 11) is 2.76. The number of carbonyl (C=O) groups is 7. The van der Waals surface area contributed by atoms with Crippen molar-refractivity contribution in [2.75, 3.05) is 60.4 Å². The average molecular weight is 1180 g/mol. The number of rotatable bonds is 31. The highest BCUT2D eigenvalue weighted by Gasteiger charge is 2.40. The van der Waals surface area contributed by atoms with E-state index >= 15 is 9.59 Å². The lowest BCUT2D eigenvalue weighted by molar-refractivity contribution is -0.157. The van der Waals surface area contributed by atoms with Crippen LogP contribution in [0.15, 0.2) is 109 Å². The Labute approximate surface area is 500 Å². The molecule has 466 valence electrons. The van der Waals surface area contributed by atoms with Crippen LogP contribution in [0.1, 0.15) is 92.9 Å². The summed E-state index contributed by atoms with van der Waals surface area (Å²) in [6, 6.07) is 24.9. The van der Waals surface area contributed by atoms with E-state index in [1.807, 2.05) is 72.8 Å². The number of nitrogens with zero attached hydrogens (tertiary/aromatic N) is 2. The molecular weight excluding hydrogens is 1090 g/mol. The summed E-state index contributed by atoms with van der Waals surface area (Å²) in [5.41, 5.74) is 3.88. The highest BCUT2D eigenvalue weighted by Crippen LogP contribution is 2.24. The van der Waals surface area contributed by atoms with Crippen molar-refractivity contribution in [3.05, 3.63) is 126 Å². The fraction of sp³-hybridized carbons (Fsp3) is 0.524. The molecule has 0 saturated carbocycles. The van der Waals surface area contributed by atoms with E-state index in [4.69, 9.17) is 33.2 Å². The molecule has 6 amide bonds. The van der Waals surface area contributed by atoms with Crippen LogP contribution in [-0.2, 0) is 71.7 Å². The Morgan fingerprint density at radius 3 is 1.65 bits per heavy atom. The molecule has 22 heteroatoms. The highest BCUT2D eigenvalue weighted by molar-refractivity contribution is 5.90. The predicted octanol–water partition coefficient (Wildman–Crippen LogP) is 7.09. The number of carbonyl (C=O) groups excluding carboxylic acids is 7. The standard InChI is InChI=1S/C63H90N8O14/c1-42(2)51(67-60(78)85-63(9,10)11)54(72)66-49(39-44-24-18-15-19-25-44)57(75)84-50(41-71(70-56(74)53(62(6,7)8)68-58(76)80-13)40-45-27-29-46(30-28-45)47-26-20-21-31-64-47)48(38-43-22-16-14-17-23-43)65-55(73)52(61(3,4)5)69-59(77)83-37-36-82-35-34-81-33-32-79-12/h14-31,42,48-53H,32-41H2,1-13H3,(H,65,73)(H,66,72)(H,67,78)(H,68,76)(H,69,77)(H,70,74)/t48-,49-,50-,51-,52+,53+/m0/s1. The van der Waals surface area contributed by atoms with Crippen LogP contribution >= 0.6 is 0 Å². The van der Waals surface area contributed by atoms with Crippen molar-refractivity contribution in [3.8, 4) is 11.3 Å². The molecule has 0 unspecified atom stereocenters. The van der Waals surface area contributed by atoms with E-state index in [0.29, 0.717) is 36.5 Å². The number of alkyl carbamates (subject to hydrolysis) is 3. The molecule has 22 nitrogen and oxygen atoms in total. The molecule has 85 heavy (non-hydrogen) atoms. The zero-order valence-corrected chi connectivity index (χ0v) is 51.6. The summed E-state index contributed by atoms with van der Waals surface area (Å²) >= 11 is 0. The van der Waals surface area contributed by atoms with Crippen molar-refractivity contribution in [3.63, 3.8) is 0 Å². The van der Waals surface area contributed by atoms with Crippen molar-refractivity contribution >= 4 is 42.0 Å². The van der Waals surface area contributed by atoms with Crippen molar-refractivity contribution in [1.82, 2.24) is 42.0 Å². The van der Waals surface area contributed by atoms with Crippen molar-refractivity contribution in [1.29, 1.82) is 0 Å². The van der Waals surface area contributed by atoms with Gasteiger partial charge in [-0.2, -0.15) is 0 Å². The molecule has 4 rings (SSSR count). The molecule has 1 heterocycles. The predicted molar refractivity (Wildman–Crippen MR) is 320 cm³/mol. The van der Waals surface area contributed by atoms with Gasteiger partial charge in [-0.05, 0) is 72.8 Å². The Kier molecular flexibility index (Phi) is 28.2. The molecule has 3 aromatic carbocycles. The molecule has 4 aromatic rings. The van der Waals surface area contributed by atoms with Gasteiger partial charge in [0, 0.05) is 31.8 Å². The zero-order valence-electron chi connectivity index (χ0n) is 51.6. The van der Waals surface area contributed by atoms with Crippen LogP contribution in [0.3, 0.4) is 0 Å². The summed E-state index contributed by atoms with van der Waals surface area (Å²) in [6.07, 6.45) is -2.35. The molecule has 0 radical (unpaired) electrons. The van der Waals surface area contributed by atoms with Crippen LogP contribution in [0.2, 0.25) is 0 Å². The Balaban J connectivity index is 1.88. The fourth-order valence-corrected chi connectivity index (χ4v) is 8.63. The van der Waals surface area contributed by atoms with Gasteiger partial charge in [-0.1, -0.05) is 146 Å². The third kappa shape index (κ3) is 25.6. The molecule has 0 fully saturated rings. The van der Waals surface area contributed by atoms with Crippen LogP contribution < -0.4 is 32.0 Å². The van der Waals surface area contributed by atoms with E-state index in [2.05, 4.69) is 37.0 Å². The number of hydrogen-bond acceptors (Lipinski definition) is 16. The second-order valence-corrected chi connectivity index (χ2v) is 23.9. The summed E-state index contributed by atoms with van der Waals surface area (Å²) in [5.74, 6) is -3.44. The number of hydrazine groups is 1. The maximum absolute atomic E-state index is 15.4. The molecule has 0 aliphatic carbocycles. The summed E-state index contributed by atoms with van der Waals surface area (Å²) in [6.45, 7) is 20.1. The highest BCUT2D eigenvalue weighted by atomic mass is 16.6. The lowest BCUT2D eigenvalue weighted by atomic mass is 9.85. The van der Waals surface area contributed by atoms with Gasteiger partial charge in [0.05, 0.1) is 58.4 Å². The molecular formula is C63H90N8O14. The van der Waals surface area contributed by atoms with Crippen LogP contribution in [0.4, 0.5) is 14.4 Å². The van der Waals surface area contributed by atoms with E-state index in [9.17, 15) is 24.0 Å². The Morgan fingerprint density at radius 1 is 0.553 bits per heavy atom. The fourth-order valence-electron chi connectivity index (χ4n) is 8.63. The number of methoxy groups -OCH3 is 2. The Bertz CT molecular complexity index is 2700. The van der Waals surface area contributed by atoms with Crippen LogP contribution in [0.5, 0.6) is 0 Å². The minimum atomic E-state index is -1.41. The molecule has 6 atom stereocenters. The maximum atomic E-state index is 15.4. The number of benzene rings is 3. The van der Waals surface area contributed by atoms with E-state index < -0.39 is 101 Å². The van der Waals surface area contributed by atoms with E-state index in [1.165, 1.54) is 12.1 Å². The zero-order chi connectivity index (χ0) is 62.7. The summed E-state index contributed by atoms with van der Waals surface area (Å²) in [5, 5.41) is 15.5. The van der Waals surface area contributed by atoms with Gasteiger partial charge in [0.25, 0.3) is 5.91 Å². The first-order valence-electron chi connectivity index (χ1n) is 28.5. The largest absolute Gasteiger partial charge is 0.457 e. The monoisotopic (exact) mass is 1180 g/mol. The lowest BCUT2D eigenvalue weighted by Gasteiger charge is -2.37. The van der Waals surface area contributed by atoms with Crippen molar-refractivity contribution < 1.29 is 66.7 Å². The number of esters is 1. The van der Waals surface area contributed by atoms with E-state index in [-0.39, 0.29) is 45.8 Å². The van der Waals surface area contributed by atoms with Gasteiger partial charge in [0.2, 0.25) is 11.8 Å². The van der Waals surface area contributed by atoms with Gasteiger partial charge in [-0.15, -0.1) is 0 Å². The lowest BCUT2D eigenvalue weighted by Crippen LogP contribution is -2.62. The third-order valence-electron chi connectivity index (χ3n) is 13.0. The molecule has 6 N–H and O–H groups in total. The van der Waals surface area contributed by atoms with Gasteiger partial charge >= 0.3 is 24.2 Å². The molecule has 0 aliphatic heterocycles.